The molecule has 2 rings (SSSR count). The van der Waals surface area contributed by atoms with Crippen LogP contribution in [0.3, 0.4) is 0 Å². The molecule has 0 saturated carbocycles. The molecule has 16 heavy (non-hydrogen) atoms. The van der Waals surface area contributed by atoms with E-state index in [1.54, 1.807) is 6.07 Å². The Labute approximate surface area is 98.2 Å². The Morgan fingerprint density at radius 3 is 2.62 bits per heavy atom. The molecule has 0 spiro atoms. The fourth-order valence-corrected chi connectivity index (χ4v) is 1.84. The van der Waals surface area contributed by atoms with Crippen LogP contribution in [0.25, 0.3) is 10.9 Å². The molecule has 2 N–H and O–H groups in total. The molecule has 0 fully saturated rings. The highest BCUT2D eigenvalue weighted by Crippen LogP contribution is 2.29. The van der Waals surface area contributed by atoms with Gasteiger partial charge in [0.05, 0.1) is 10.5 Å². The van der Waals surface area contributed by atoms with E-state index in [2.05, 4.69) is 4.98 Å². The van der Waals surface area contributed by atoms with Gasteiger partial charge in [-0.05, 0) is 24.1 Å². The van der Waals surface area contributed by atoms with Crippen molar-refractivity contribution in [3.05, 3.63) is 34.7 Å². The Balaban J connectivity index is 2.82. The van der Waals surface area contributed by atoms with Gasteiger partial charge in [-0.3, -0.25) is 4.98 Å². The summed E-state index contributed by atoms with van der Waals surface area (Å²) in [6.45, 7) is 4.04. The molecule has 84 valence electrons. The number of fused-ring (bicyclic) bond motifs is 1. The standard InChI is InChI=1S/C12H12ClFN2/c1-6(2)11-5-10(15)8-3-7(14)4-9(13)12(8)16-11/h3-6H,1-2H3,(H2,15,16). The predicted octanol–water partition coefficient (Wildman–Crippen LogP) is 3.73. The zero-order valence-corrected chi connectivity index (χ0v) is 9.85. The molecular weight excluding hydrogens is 227 g/mol. The number of rotatable bonds is 1. The van der Waals surface area contributed by atoms with Crippen LogP contribution in [0.5, 0.6) is 0 Å². The predicted molar refractivity (Wildman–Crippen MR) is 65.2 cm³/mol. The van der Waals surface area contributed by atoms with Crippen LogP contribution in [0.2, 0.25) is 5.02 Å². The van der Waals surface area contributed by atoms with Gasteiger partial charge in [-0.2, -0.15) is 0 Å². The van der Waals surface area contributed by atoms with Crippen LogP contribution in [0, 0.1) is 5.82 Å². The van der Waals surface area contributed by atoms with Crippen molar-refractivity contribution in [2.45, 2.75) is 19.8 Å². The lowest BCUT2D eigenvalue weighted by molar-refractivity contribution is 0.629. The monoisotopic (exact) mass is 238 g/mol. The average molecular weight is 239 g/mol. The first-order chi connectivity index (χ1) is 7.49. The summed E-state index contributed by atoms with van der Waals surface area (Å²) in [5.74, 6) is -0.142. The third kappa shape index (κ3) is 1.83. The Kier molecular flexibility index (Phi) is 2.72. The fourth-order valence-electron chi connectivity index (χ4n) is 1.59. The van der Waals surface area contributed by atoms with E-state index < -0.39 is 5.82 Å². The topological polar surface area (TPSA) is 38.9 Å². The molecule has 2 aromatic rings. The van der Waals surface area contributed by atoms with Gasteiger partial charge in [-0.15, -0.1) is 0 Å². The highest BCUT2D eigenvalue weighted by Gasteiger charge is 2.10. The van der Waals surface area contributed by atoms with Crippen molar-refractivity contribution in [3.63, 3.8) is 0 Å². The quantitative estimate of drug-likeness (QED) is 0.822. The molecule has 0 bridgehead atoms. The SMILES string of the molecule is CC(C)c1cc(N)c2cc(F)cc(Cl)c2n1. The maximum absolute atomic E-state index is 13.2. The number of benzene rings is 1. The van der Waals surface area contributed by atoms with Crippen molar-refractivity contribution in [1.82, 2.24) is 4.98 Å². The van der Waals surface area contributed by atoms with Crippen LogP contribution in [0.15, 0.2) is 18.2 Å². The summed E-state index contributed by atoms with van der Waals surface area (Å²) in [5, 5.41) is 0.860. The summed E-state index contributed by atoms with van der Waals surface area (Å²) in [4.78, 5) is 4.40. The summed E-state index contributed by atoms with van der Waals surface area (Å²) >= 11 is 5.95. The Morgan fingerprint density at radius 2 is 2.00 bits per heavy atom. The number of hydrogen-bond acceptors (Lipinski definition) is 2. The first-order valence-electron chi connectivity index (χ1n) is 5.04. The minimum atomic E-state index is -0.400. The number of anilines is 1. The third-order valence-electron chi connectivity index (χ3n) is 2.48. The van der Waals surface area contributed by atoms with E-state index in [0.717, 1.165) is 5.69 Å². The number of nitrogen functional groups attached to an aromatic ring is 1. The lowest BCUT2D eigenvalue weighted by Crippen LogP contribution is -1.98. The van der Waals surface area contributed by atoms with Gasteiger partial charge in [0, 0.05) is 16.8 Å². The first kappa shape index (κ1) is 11.1. The molecule has 4 heteroatoms. The molecule has 0 unspecified atom stereocenters. The van der Waals surface area contributed by atoms with Crippen molar-refractivity contribution in [3.8, 4) is 0 Å². The van der Waals surface area contributed by atoms with Crippen molar-refractivity contribution in [2.24, 2.45) is 0 Å². The van der Waals surface area contributed by atoms with Crippen LogP contribution < -0.4 is 5.73 Å². The smallest absolute Gasteiger partial charge is 0.125 e. The second-order valence-corrected chi connectivity index (χ2v) is 4.48. The molecule has 1 aromatic carbocycles. The van der Waals surface area contributed by atoms with Crippen LogP contribution >= 0.6 is 11.6 Å². The summed E-state index contributed by atoms with van der Waals surface area (Å²) in [6.07, 6.45) is 0. The Bertz CT molecular complexity index is 552. The van der Waals surface area contributed by atoms with Crippen LogP contribution in [-0.2, 0) is 0 Å². The number of pyridine rings is 1. The normalized spacial score (nSPS) is 11.3. The second-order valence-electron chi connectivity index (χ2n) is 4.07. The maximum Gasteiger partial charge on any atom is 0.125 e. The molecule has 1 heterocycles. The summed E-state index contributed by atoms with van der Waals surface area (Å²) < 4.78 is 13.2. The van der Waals surface area contributed by atoms with Crippen molar-refractivity contribution < 1.29 is 4.39 Å². The number of hydrogen-bond donors (Lipinski definition) is 1. The van der Waals surface area contributed by atoms with Crippen LogP contribution in [0.1, 0.15) is 25.5 Å². The van der Waals surface area contributed by atoms with Crippen molar-refractivity contribution >= 4 is 28.2 Å². The van der Waals surface area contributed by atoms with E-state index in [0.29, 0.717) is 21.6 Å². The molecule has 0 saturated heterocycles. The fraction of sp³-hybridized carbons (Fsp3) is 0.250. The Morgan fingerprint density at radius 1 is 1.31 bits per heavy atom. The summed E-state index contributed by atoms with van der Waals surface area (Å²) in [7, 11) is 0. The number of aromatic nitrogens is 1. The van der Waals surface area contributed by atoms with Gasteiger partial charge in [0.1, 0.15) is 5.82 Å². The second kappa shape index (κ2) is 3.91. The molecule has 0 radical (unpaired) electrons. The van der Waals surface area contributed by atoms with E-state index in [-0.39, 0.29) is 5.92 Å². The number of nitrogens with zero attached hydrogens (tertiary/aromatic N) is 1. The highest BCUT2D eigenvalue weighted by atomic mass is 35.5. The zero-order chi connectivity index (χ0) is 11.9. The number of halogens is 2. The van der Waals surface area contributed by atoms with Crippen molar-refractivity contribution in [2.75, 3.05) is 5.73 Å². The third-order valence-corrected chi connectivity index (χ3v) is 2.76. The number of nitrogens with two attached hydrogens (primary N) is 1. The minimum Gasteiger partial charge on any atom is -0.398 e. The molecule has 0 aliphatic rings. The first-order valence-corrected chi connectivity index (χ1v) is 5.42. The van der Waals surface area contributed by atoms with Crippen LogP contribution in [-0.4, -0.2) is 4.98 Å². The van der Waals surface area contributed by atoms with Crippen molar-refractivity contribution in [1.29, 1.82) is 0 Å². The molecule has 0 aliphatic heterocycles. The Hall–Kier alpha value is -1.35. The maximum atomic E-state index is 13.2. The lowest BCUT2D eigenvalue weighted by atomic mass is 10.1. The molecule has 0 aliphatic carbocycles. The van der Waals surface area contributed by atoms with E-state index in [1.165, 1.54) is 12.1 Å². The molecule has 0 atom stereocenters. The van der Waals surface area contributed by atoms with Gasteiger partial charge in [-0.25, -0.2) is 4.39 Å². The van der Waals surface area contributed by atoms with Gasteiger partial charge in [0.25, 0.3) is 0 Å². The highest BCUT2D eigenvalue weighted by molar-refractivity contribution is 6.35. The van der Waals surface area contributed by atoms with Gasteiger partial charge in [0.15, 0.2) is 0 Å². The van der Waals surface area contributed by atoms with Gasteiger partial charge < -0.3 is 5.73 Å². The molecule has 1 aromatic heterocycles. The minimum absolute atomic E-state index is 0.257. The van der Waals surface area contributed by atoms with E-state index in [1.807, 2.05) is 13.8 Å². The molecule has 2 nitrogen and oxygen atoms in total. The van der Waals surface area contributed by atoms with E-state index in [4.69, 9.17) is 17.3 Å². The summed E-state index contributed by atoms with van der Waals surface area (Å²) in [5.41, 5.74) is 7.80. The largest absolute Gasteiger partial charge is 0.398 e. The zero-order valence-electron chi connectivity index (χ0n) is 9.09. The lowest BCUT2D eigenvalue weighted by Gasteiger charge is -2.09. The molecular formula is C12H12ClFN2. The van der Waals surface area contributed by atoms with Crippen LogP contribution in [0.4, 0.5) is 10.1 Å². The van der Waals surface area contributed by atoms with E-state index in [9.17, 15) is 4.39 Å². The van der Waals surface area contributed by atoms with E-state index >= 15 is 0 Å². The molecule has 0 amide bonds. The summed E-state index contributed by atoms with van der Waals surface area (Å²) in [6, 6.07) is 4.37. The average Bonchev–Trinajstić information content (AvgIpc) is 2.19. The van der Waals surface area contributed by atoms with Gasteiger partial charge >= 0.3 is 0 Å². The van der Waals surface area contributed by atoms with Gasteiger partial charge in [-0.1, -0.05) is 25.4 Å². The van der Waals surface area contributed by atoms with Gasteiger partial charge in [0.2, 0.25) is 0 Å².